The van der Waals surface area contributed by atoms with Gasteiger partial charge in [0.05, 0.1) is 20.8 Å². The zero-order valence-corrected chi connectivity index (χ0v) is 11.2. The molecule has 100 valence electrons. The highest BCUT2D eigenvalue weighted by Crippen LogP contribution is 2.37. The molecule has 0 radical (unpaired) electrons. The van der Waals surface area contributed by atoms with Gasteiger partial charge in [0, 0.05) is 29.3 Å². The number of ether oxygens (including phenoxy) is 2. The Kier molecular flexibility index (Phi) is 4.09. The smallest absolute Gasteiger partial charge is 0.128 e. The standard InChI is InChI=1S/C14H21NO3/c1-4-10-6-11-12(7-15-10)13(17-2)5-9(8-16)14(11)18-3/h5,10,15-16H,4,6-8H2,1-3H3. The fraction of sp³-hybridized carbons (Fsp3) is 0.571. The first-order chi connectivity index (χ1) is 8.74. The summed E-state index contributed by atoms with van der Waals surface area (Å²) in [5.74, 6) is 1.64. The Balaban J connectivity index is 2.53. The molecule has 0 saturated carbocycles. The maximum absolute atomic E-state index is 9.44. The van der Waals surface area contributed by atoms with E-state index in [-0.39, 0.29) is 6.61 Å². The van der Waals surface area contributed by atoms with Crippen molar-refractivity contribution in [2.24, 2.45) is 0 Å². The number of aliphatic hydroxyl groups is 1. The first kappa shape index (κ1) is 13.2. The third kappa shape index (κ3) is 2.18. The van der Waals surface area contributed by atoms with Crippen LogP contribution in [0.15, 0.2) is 6.07 Å². The van der Waals surface area contributed by atoms with E-state index in [4.69, 9.17) is 9.47 Å². The summed E-state index contributed by atoms with van der Waals surface area (Å²) in [6, 6.07) is 2.33. The van der Waals surface area contributed by atoms with E-state index >= 15 is 0 Å². The summed E-state index contributed by atoms with van der Waals surface area (Å²) in [4.78, 5) is 0. The second-order valence-electron chi connectivity index (χ2n) is 4.58. The predicted molar refractivity (Wildman–Crippen MR) is 70.1 cm³/mol. The van der Waals surface area contributed by atoms with Crippen molar-refractivity contribution in [2.45, 2.75) is 39.0 Å². The molecular formula is C14H21NO3. The second kappa shape index (κ2) is 5.59. The van der Waals surface area contributed by atoms with Gasteiger partial charge in [-0.2, -0.15) is 0 Å². The van der Waals surface area contributed by atoms with Crippen molar-refractivity contribution in [1.29, 1.82) is 0 Å². The number of benzene rings is 1. The van der Waals surface area contributed by atoms with Crippen LogP contribution in [0.25, 0.3) is 0 Å². The van der Waals surface area contributed by atoms with Crippen LogP contribution in [0.4, 0.5) is 0 Å². The van der Waals surface area contributed by atoms with E-state index in [2.05, 4.69) is 12.2 Å². The Morgan fingerprint density at radius 2 is 2.11 bits per heavy atom. The number of rotatable bonds is 4. The summed E-state index contributed by atoms with van der Waals surface area (Å²) < 4.78 is 10.9. The third-order valence-electron chi connectivity index (χ3n) is 3.64. The minimum absolute atomic E-state index is 0.0307. The molecule has 0 aliphatic carbocycles. The summed E-state index contributed by atoms with van der Waals surface area (Å²) >= 11 is 0. The lowest BCUT2D eigenvalue weighted by molar-refractivity contribution is 0.271. The monoisotopic (exact) mass is 251 g/mol. The minimum Gasteiger partial charge on any atom is -0.496 e. The van der Waals surface area contributed by atoms with Crippen LogP contribution in [-0.2, 0) is 19.6 Å². The van der Waals surface area contributed by atoms with Gasteiger partial charge >= 0.3 is 0 Å². The molecule has 1 unspecified atom stereocenters. The quantitative estimate of drug-likeness (QED) is 0.854. The molecule has 0 saturated heterocycles. The topological polar surface area (TPSA) is 50.7 Å². The van der Waals surface area contributed by atoms with Crippen LogP contribution >= 0.6 is 0 Å². The fourth-order valence-corrected chi connectivity index (χ4v) is 2.61. The molecule has 0 spiro atoms. The Hall–Kier alpha value is -1.26. The average Bonchev–Trinajstić information content (AvgIpc) is 2.44. The Labute approximate surface area is 108 Å². The summed E-state index contributed by atoms with van der Waals surface area (Å²) in [6.45, 7) is 2.93. The number of hydrogen-bond donors (Lipinski definition) is 2. The molecule has 4 heteroatoms. The summed E-state index contributed by atoms with van der Waals surface area (Å²) in [7, 11) is 3.32. The Morgan fingerprint density at radius 3 is 2.67 bits per heavy atom. The summed E-state index contributed by atoms with van der Waals surface area (Å²) in [6.07, 6.45) is 1.99. The van der Waals surface area contributed by atoms with Gasteiger partial charge < -0.3 is 19.9 Å². The zero-order chi connectivity index (χ0) is 13.1. The van der Waals surface area contributed by atoms with Crippen molar-refractivity contribution in [3.8, 4) is 11.5 Å². The third-order valence-corrected chi connectivity index (χ3v) is 3.64. The van der Waals surface area contributed by atoms with Crippen molar-refractivity contribution >= 4 is 0 Å². The molecule has 1 atom stereocenters. The van der Waals surface area contributed by atoms with Crippen molar-refractivity contribution in [3.63, 3.8) is 0 Å². The van der Waals surface area contributed by atoms with Gasteiger partial charge in [-0.25, -0.2) is 0 Å². The normalized spacial score (nSPS) is 18.3. The van der Waals surface area contributed by atoms with Gasteiger partial charge in [0.15, 0.2) is 0 Å². The van der Waals surface area contributed by atoms with E-state index in [1.54, 1.807) is 14.2 Å². The Bertz CT molecular complexity index is 409. The number of hydrogen-bond acceptors (Lipinski definition) is 4. The fourth-order valence-electron chi connectivity index (χ4n) is 2.61. The van der Waals surface area contributed by atoms with E-state index in [0.717, 1.165) is 42.0 Å². The van der Waals surface area contributed by atoms with Crippen LogP contribution in [0.5, 0.6) is 11.5 Å². The molecule has 2 N–H and O–H groups in total. The van der Waals surface area contributed by atoms with Crippen LogP contribution in [-0.4, -0.2) is 25.4 Å². The second-order valence-corrected chi connectivity index (χ2v) is 4.58. The van der Waals surface area contributed by atoms with E-state index in [1.807, 2.05) is 6.07 Å². The lowest BCUT2D eigenvalue weighted by Crippen LogP contribution is -2.35. The molecule has 1 aromatic rings. The van der Waals surface area contributed by atoms with E-state index in [1.165, 1.54) is 5.56 Å². The van der Waals surface area contributed by atoms with Gasteiger partial charge in [-0.3, -0.25) is 0 Å². The largest absolute Gasteiger partial charge is 0.496 e. The highest BCUT2D eigenvalue weighted by atomic mass is 16.5. The number of nitrogens with one attached hydrogen (secondary N) is 1. The number of methoxy groups -OCH3 is 2. The van der Waals surface area contributed by atoms with Gasteiger partial charge in [0.25, 0.3) is 0 Å². The maximum Gasteiger partial charge on any atom is 0.128 e. The SMILES string of the molecule is CCC1Cc2c(c(OC)cc(CO)c2OC)CN1. The molecule has 4 nitrogen and oxygen atoms in total. The molecule has 18 heavy (non-hydrogen) atoms. The molecule has 1 aliphatic rings. The highest BCUT2D eigenvalue weighted by Gasteiger charge is 2.25. The zero-order valence-electron chi connectivity index (χ0n) is 11.2. The maximum atomic E-state index is 9.44. The minimum atomic E-state index is -0.0307. The molecule has 0 amide bonds. The van der Waals surface area contributed by atoms with Crippen molar-refractivity contribution in [1.82, 2.24) is 5.32 Å². The van der Waals surface area contributed by atoms with Gasteiger partial charge in [0.2, 0.25) is 0 Å². The molecule has 0 fully saturated rings. The average molecular weight is 251 g/mol. The first-order valence-electron chi connectivity index (χ1n) is 6.34. The lowest BCUT2D eigenvalue weighted by atomic mass is 9.91. The van der Waals surface area contributed by atoms with Crippen molar-refractivity contribution < 1.29 is 14.6 Å². The van der Waals surface area contributed by atoms with E-state index < -0.39 is 0 Å². The van der Waals surface area contributed by atoms with Gasteiger partial charge in [-0.05, 0) is 18.9 Å². The van der Waals surface area contributed by atoms with Crippen LogP contribution in [0, 0.1) is 0 Å². The van der Waals surface area contributed by atoms with Crippen LogP contribution < -0.4 is 14.8 Å². The molecular weight excluding hydrogens is 230 g/mol. The molecule has 2 rings (SSSR count). The van der Waals surface area contributed by atoms with Crippen LogP contribution in [0.3, 0.4) is 0 Å². The number of aliphatic hydroxyl groups excluding tert-OH is 1. The molecule has 1 heterocycles. The first-order valence-corrected chi connectivity index (χ1v) is 6.34. The Morgan fingerprint density at radius 1 is 1.33 bits per heavy atom. The van der Waals surface area contributed by atoms with E-state index in [9.17, 15) is 5.11 Å². The van der Waals surface area contributed by atoms with Gasteiger partial charge in [-0.15, -0.1) is 0 Å². The summed E-state index contributed by atoms with van der Waals surface area (Å²) in [5, 5.41) is 12.9. The highest BCUT2D eigenvalue weighted by molar-refractivity contribution is 5.55. The van der Waals surface area contributed by atoms with Crippen molar-refractivity contribution in [3.05, 3.63) is 22.8 Å². The molecule has 1 aliphatic heterocycles. The lowest BCUT2D eigenvalue weighted by Gasteiger charge is -2.29. The van der Waals surface area contributed by atoms with Crippen LogP contribution in [0.2, 0.25) is 0 Å². The van der Waals surface area contributed by atoms with Crippen LogP contribution in [0.1, 0.15) is 30.0 Å². The molecule has 0 bridgehead atoms. The molecule has 1 aromatic carbocycles. The predicted octanol–water partition coefficient (Wildman–Crippen LogP) is 1.62. The number of fused-ring (bicyclic) bond motifs is 1. The van der Waals surface area contributed by atoms with E-state index in [0.29, 0.717) is 6.04 Å². The summed E-state index contributed by atoms with van der Waals surface area (Å²) in [5.41, 5.74) is 3.12. The van der Waals surface area contributed by atoms with Crippen molar-refractivity contribution in [2.75, 3.05) is 14.2 Å². The van der Waals surface area contributed by atoms with Gasteiger partial charge in [0.1, 0.15) is 11.5 Å². The molecule has 0 aromatic heterocycles. The van der Waals surface area contributed by atoms with Gasteiger partial charge in [-0.1, -0.05) is 6.92 Å².